The molecule has 0 saturated carbocycles. The molecule has 6 nitrogen and oxygen atoms in total. The smallest absolute Gasteiger partial charge is 0.244 e. The number of nitrogens with zero attached hydrogens (tertiary/aromatic N) is 3. The van der Waals surface area contributed by atoms with Gasteiger partial charge in [0.25, 0.3) is 0 Å². The Morgan fingerprint density at radius 1 is 1.53 bits per heavy atom. The van der Waals surface area contributed by atoms with Gasteiger partial charge in [0.1, 0.15) is 18.7 Å². The Kier molecular flexibility index (Phi) is 4.52. The molecule has 1 aliphatic heterocycles. The zero-order valence-corrected chi connectivity index (χ0v) is 11.7. The Balaban J connectivity index is 1.83. The van der Waals surface area contributed by atoms with E-state index in [-0.39, 0.29) is 18.1 Å². The molecular formula is C13H22N4O2. The minimum absolute atomic E-state index is 0.0279. The Labute approximate surface area is 113 Å². The van der Waals surface area contributed by atoms with E-state index in [1.165, 1.54) is 6.33 Å². The lowest BCUT2D eigenvalue weighted by molar-refractivity contribution is -0.124. The lowest BCUT2D eigenvalue weighted by Gasteiger charge is -2.23. The van der Waals surface area contributed by atoms with Gasteiger partial charge in [-0.2, -0.15) is 5.10 Å². The van der Waals surface area contributed by atoms with Crippen molar-refractivity contribution in [2.45, 2.75) is 39.3 Å². The number of amides is 1. The van der Waals surface area contributed by atoms with E-state index in [1.54, 1.807) is 11.0 Å². The van der Waals surface area contributed by atoms with E-state index in [2.05, 4.69) is 29.2 Å². The summed E-state index contributed by atoms with van der Waals surface area (Å²) in [6.07, 6.45) is 4.26. The van der Waals surface area contributed by atoms with Gasteiger partial charge in [0, 0.05) is 19.1 Å². The van der Waals surface area contributed by atoms with Gasteiger partial charge < -0.3 is 10.1 Å². The van der Waals surface area contributed by atoms with Gasteiger partial charge in [0.2, 0.25) is 5.91 Å². The fraction of sp³-hybridized carbons (Fsp3) is 0.769. The number of carbonyl (C=O) groups excluding carboxylic acids is 1. The van der Waals surface area contributed by atoms with E-state index in [4.69, 9.17) is 4.74 Å². The number of hydrogen-bond donors (Lipinski definition) is 1. The molecule has 2 rings (SSSR count). The molecule has 1 aromatic rings. The van der Waals surface area contributed by atoms with Crippen LogP contribution in [-0.4, -0.2) is 39.9 Å². The second-order valence-corrected chi connectivity index (χ2v) is 5.42. The first-order valence-corrected chi connectivity index (χ1v) is 6.83. The molecule has 2 heterocycles. The Hall–Kier alpha value is -1.43. The molecule has 1 aromatic heterocycles. The summed E-state index contributed by atoms with van der Waals surface area (Å²) in [6.45, 7) is 7.59. The van der Waals surface area contributed by atoms with Crippen molar-refractivity contribution in [3.8, 4) is 0 Å². The van der Waals surface area contributed by atoms with Gasteiger partial charge in [-0.1, -0.05) is 13.8 Å². The zero-order chi connectivity index (χ0) is 13.8. The summed E-state index contributed by atoms with van der Waals surface area (Å²) < 4.78 is 7.27. The van der Waals surface area contributed by atoms with Crippen LogP contribution in [-0.2, 0) is 9.53 Å². The highest BCUT2D eigenvalue weighted by molar-refractivity contribution is 5.79. The van der Waals surface area contributed by atoms with Gasteiger partial charge in [-0.3, -0.25) is 4.79 Å². The molecule has 1 N–H and O–H groups in total. The number of nitrogens with one attached hydrogen (secondary N) is 1. The second-order valence-electron chi connectivity index (χ2n) is 5.42. The molecule has 19 heavy (non-hydrogen) atoms. The topological polar surface area (TPSA) is 69.0 Å². The largest absolute Gasteiger partial charge is 0.378 e. The average molecular weight is 266 g/mol. The quantitative estimate of drug-likeness (QED) is 0.863. The molecule has 0 bridgehead atoms. The maximum atomic E-state index is 12.0. The predicted molar refractivity (Wildman–Crippen MR) is 70.4 cm³/mol. The van der Waals surface area contributed by atoms with Gasteiger partial charge in [0.05, 0.1) is 6.10 Å². The first-order chi connectivity index (χ1) is 9.09. The third-order valence-electron chi connectivity index (χ3n) is 3.67. The van der Waals surface area contributed by atoms with Crippen LogP contribution in [0.3, 0.4) is 0 Å². The van der Waals surface area contributed by atoms with Crippen molar-refractivity contribution in [1.29, 1.82) is 0 Å². The lowest BCUT2D eigenvalue weighted by atomic mass is 9.93. The Morgan fingerprint density at radius 3 is 2.95 bits per heavy atom. The fourth-order valence-electron chi connectivity index (χ4n) is 2.53. The molecule has 106 valence electrons. The van der Waals surface area contributed by atoms with E-state index in [0.29, 0.717) is 18.4 Å². The summed E-state index contributed by atoms with van der Waals surface area (Å²) >= 11 is 0. The van der Waals surface area contributed by atoms with Crippen molar-refractivity contribution in [1.82, 2.24) is 20.1 Å². The SMILES string of the molecule is CC(C)[C@H]1OCC[C@@H]1CNC(=O)[C@@H](C)n1cncn1. The summed E-state index contributed by atoms with van der Waals surface area (Å²) in [5.41, 5.74) is 0. The van der Waals surface area contributed by atoms with Crippen molar-refractivity contribution < 1.29 is 9.53 Å². The lowest BCUT2D eigenvalue weighted by Crippen LogP contribution is -2.38. The van der Waals surface area contributed by atoms with Crippen molar-refractivity contribution >= 4 is 5.91 Å². The number of ether oxygens (including phenoxy) is 1. The minimum atomic E-state index is -0.331. The van der Waals surface area contributed by atoms with Crippen molar-refractivity contribution in [3.05, 3.63) is 12.7 Å². The Morgan fingerprint density at radius 2 is 2.32 bits per heavy atom. The van der Waals surface area contributed by atoms with Crippen LogP contribution in [0, 0.1) is 11.8 Å². The third-order valence-corrected chi connectivity index (χ3v) is 3.67. The summed E-state index contributed by atoms with van der Waals surface area (Å²) in [5, 5.41) is 6.97. The molecular weight excluding hydrogens is 244 g/mol. The summed E-state index contributed by atoms with van der Waals surface area (Å²) in [5.74, 6) is 0.865. The van der Waals surface area contributed by atoms with E-state index < -0.39 is 0 Å². The van der Waals surface area contributed by atoms with Crippen LogP contribution in [0.4, 0.5) is 0 Å². The van der Waals surface area contributed by atoms with Crippen LogP contribution < -0.4 is 5.32 Å². The summed E-state index contributed by atoms with van der Waals surface area (Å²) in [6, 6.07) is -0.331. The first kappa shape index (κ1) is 14.0. The van der Waals surface area contributed by atoms with Gasteiger partial charge in [-0.15, -0.1) is 0 Å². The molecule has 1 aliphatic rings. The molecule has 0 radical (unpaired) electrons. The van der Waals surface area contributed by atoms with Gasteiger partial charge in [0.15, 0.2) is 0 Å². The van der Waals surface area contributed by atoms with Crippen LogP contribution >= 0.6 is 0 Å². The molecule has 1 saturated heterocycles. The van der Waals surface area contributed by atoms with Crippen molar-refractivity contribution in [3.63, 3.8) is 0 Å². The molecule has 0 aliphatic carbocycles. The fourth-order valence-corrected chi connectivity index (χ4v) is 2.53. The van der Waals surface area contributed by atoms with Crippen LogP contribution in [0.15, 0.2) is 12.7 Å². The second kappa shape index (κ2) is 6.14. The van der Waals surface area contributed by atoms with Crippen LogP contribution in [0.2, 0.25) is 0 Å². The monoisotopic (exact) mass is 266 g/mol. The highest BCUT2D eigenvalue weighted by Gasteiger charge is 2.31. The minimum Gasteiger partial charge on any atom is -0.378 e. The third kappa shape index (κ3) is 3.32. The normalized spacial score (nSPS) is 24.6. The molecule has 0 spiro atoms. The average Bonchev–Trinajstić information content (AvgIpc) is 3.05. The molecule has 1 amide bonds. The summed E-state index contributed by atoms with van der Waals surface area (Å²) in [4.78, 5) is 15.9. The van der Waals surface area contributed by atoms with Gasteiger partial charge in [-0.25, -0.2) is 9.67 Å². The molecule has 0 aromatic carbocycles. The standard InChI is InChI=1S/C13H22N4O2/c1-9(2)12-11(4-5-19-12)6-15-13(18)10(3)17-8-14-7-16-17/h7-12H,4-6H2,1-3H3,(H,15,18)/t10-,11-,12-/m1/s1. The molecule has 3 atom stereocenters. The van der Waals surface area contributed by atoms with Crippen molar-refractivity contribution in [2.75, 3.05) is 13.2 Å². The number of carbonyl (C=O) groups is 1. The van der Waals surface area contributed by atoms with Crippen LogP contribution in [0.1, 0.15) is 33.2 Å². The maximum Gasteiger partial charge on any atom is 0.244 e. The van der Waals surface area contributed by atoms with E-state index >= 15 is 0 Å². The van der Waals surface area contributed by atoms with E-state index in [0.717, 1.165) is 13.0 Å². The van der Waals surface area contributed by atoms with Crippen molar-refractivity contribution in [2.24, 2.45) is 11.8 Å². The highest BCUT2D eigenvalue weighted by atomic mass is 16.5. The Bertz CT molecular complexity index is 405. The molecule has 6 heteroatoms. The van der Waals surface area contributed by atoms with E-state index in [9.17, 15) is 4.79 Å². The predicted octanol–water partition coefficient (Wildman–Crippen LogP) is 1.02. The number of hydrogen-bond acceptors (Lipinski definition) is 4. The molecule has 0 unspecified atom stereocenters. The number of rotatable bonds is 5. The molecule has 1 fully saturated rings. The van der Waals surface area contributed by atoms with Gasteiger partial charge >= 0.3 is 0 Å². The van der Waals surface area contributed by atoms with Crippen LogP contribution in [0.25, 0.3) is 0 Å². The zero-order valence-electron chi connectivity index (χ0n) is 11.7. The highest BCUT2D eigenvalue weighted by Crippen LogP contribution is 2.26. The van der Waals surface area contributed by atoms with Gasteiger partial charge in [-0.05, 0) is 19.3 Å². The van der Waals surface area contributed by atoms with Crippen LogP contribution in [0.5, 0.6) is 0 Å². The number of aromatic nitrogens is 3. The first-order valence-electron chi connectivity index (χ1n) is 6.83. The maximum absolute atomic E-state index is 12.0. The summed E-state index contributed by atoms with van der Waals surface area (Å²) in [7, 11) is 0. The van der Waals surface area contributed by atoms with E-state index in [1.807, 2.05) is 6.92 Å².